The first-order valence-corrected chi connectivity index (χ1v) is 7.28. The molecule has 1 saturated heterocycles. The van der Waals surface area contributed by atoms with Crippen molar-refractivity contribution in [1.29, 1.82) is 0 Å². The summed E-state index contributed by atoms with van der Waals surface area (Å²) in [4.78, 5) is 2.44. The summed E-state index contributed by atoms with van der Waals surface area (Å²) in [5.74, 6) is 2.31. The third kappa shape index (κ3) is 3.07. The van der Waals surface area contributed by atoms with Gasteiger partial charge in [-0.3, -0.25) is 4.90 Å². The van der Waals surface area contributed by atoms with Crippen molar-refractivity contribution >= 4 is 0 Å². The molecule has 0 saturated carbocycles. The molecule has 4 heteroatoms. The second kappa shape index (κ2) is 6.46. The Morgan fingerprint density at radius 1 is 1.30 bits per heavy atom. The molecule has 2 rings (SSSR count). The highest BCUT2D eigenvalue weighted by atomic mass is 16.5. The maximum absolute atomic E-state index is 6.21. The van der Waals surface area contributed by atoms with Crippen LogP contribution in [0.2, 0.25) is 0 Å². The molecular formula is C16H26N2O2. The quantitative estimate of drug-likeness (QED) is 0.919. The number of nitrogens with zero attached hydrogens (tertiary/aromatic N) is 1. The van der Waals surface area contributed by atoms with Crippen molar-refractivity contribution in [3.05, 3.63) is 23.8 Å². The average molecular weight is 278 g/mol. The molecule has 1 heterocycles. The largest absolute Gasteiger partial charge is 0.497 e. The predicted molar refractivity (Wildman–Crippen MR) is 81.3 cm³/mol. The number of ether oxygens (including phenoxy) is 2. The lowest BCUT2D eigenvalue weighted by molar-refractivity contribution is 0.127. The van der Waals surface area contributed by atoms with Crippen LogP contribution in [0.4, 0.5) is 0 Å². The summed E-state index contributed by atoms with van der Waals surface area (Å²) in [5.41, 5.74) is 7.40. The minimum Gasteiger partial charge on any atom is -0.497 e. The minimum absolute atomic E-state index is 0.260. The summed E-state index contributed by atoms with van der Waals surface area (Å²) in [6, 6.07) is 6.58. The Hall–Kier alpha value is -1.26. The van der Waals surface area contributed by atoms with Gasteiger partial charge in [0.05, 0.1) is 14.2 Å². The maximum Gasteiger partial charge on any atom is 0.127 e. The summed E-state index contributed by atoms with van der Waals surface area (Å²) in [5, 5.41) is 0. The van der Waals surface area contributed by atoms with Crippen molar-refractivity contribution in [1.82, 2.24) is 4.90 Å². The predicted octanol–water partition coefficient (Wildman–Crippen LogP) is 2.43. The summed E-state index contributed by atoms with van der Waals surface area (Å²) in [7, 11) is 3.37. The Labute approximate surface area is 121 Å². The van der Waals surface area contributed by atoms with E-state index in [2.05, 4.69) is 24.8 Å². The van der Waals surface area contributed by atoms with Gasteiger partial charge in [0.2, 0.25) is 0 Å². The summed E-state index contributed by atoms with van der Waals surface area (Å²) in [6.45, 7) is 6.48. The Bertz CT molecular complexity index is 450. The number of nitrogens with two attached hydrogens (primary N) is 1. The van der Waals surface area contributed by atoms with Crippen LogP contribution < -0.4 is 15.2 Å². The van der Waals surface area contributed by atoms with Gasteiger partial charge in [-0.2, -0.15) is 0 Å². The first-order valence-electron chi connectivity index (χ1n) is 7.28. The molecule has 1 fully saturated rings. The van der Waals surface area contributed by atoms with Crippen LogP contribution in [0.1, 0.15) is 31.9 Å². The lowest BCUT2D eigenvalue weighted by atomic mass is 9.92. The van der Waals surface area contributed by atoms with E-state index < -0.39 is 0 Å². The number of likely N-dealkylation sites (tertiary alicyclic amines) is 1. The summed E-state index contributed by atoms with van der Waals surface area (Å²) in [6.07, 6.45) is 1.16. The van der Waals surface area contributed by atoms with Crippen molar-refractivity contribution in [3.8, 4) is 11.5 Å². The van der Waals surface area contributed by atoms with Gasteiger partial charge in [-0.25, -0.2) is 0 Å². The fraction of sp³-hybridized carbons (Fsp3) is 0.625. The number of rotatable bonds is 4. The molecule has 20 heavy (non-hydrogen) atoms. The van der Waals surface area contributed by atoms with Gasteiger partial charge in [0.1, 0.15) is 11.5 Å². The van der Waals surface area contributed by atoms with E-state index in [1.165, 1.54) is 5.56 Å². The van der Waals surface area contributed by atoms with E-state index >= 15 is 0 Å². The van der Waals surface area contributed by atoms with Crippen molar-refractivity contribution in [2.75, 3.05) is 27.3 Å². The Morgan fingerprint density at radius 3 is 2.65 bits per heavy atom. The van der Waals surface area contributed by atoms with Crippen LogP contribution in [-0.4, -0.2) is 38.3 Å². The number of piperidine rings is 1. The van der Waals surface area contributed by atoms with E-state index in [-0.39, 0.29) is 6.04 Å². The van der Waals surface area contributed by atoms with Gasteiger partial charge < -0.3 is 15.2 Å². The number of benzene rings is 1. The molecule has 3 atom stereocenters. The molecule has 0 aromatic heterocycles. The van der Waals surface area contributed by atoms with Crippen LogP contribution in [-0.2, 0) is 0 Å². The lowest BCUT2D eigenvalue weighted by Gasteiger charge is -2.39. The van der Waals surface area contributed by atoms with Crippen molar-refractivity contribution in [3.63, 3.8) is 0 Å². The Balaban J connectivity index is 2.18. The van der Waals surface area contributed by atoms with E-state index in [4.69, 9.17) is 15.2 Å². The fourth-order valence-electron chi connectivity index (χ4n) is 2.84. The highest BCUT2D eigenvalue weighted by Gasteiger charge is 2.28. The van der Waals surface area contributed by atoms with Crippen molar-refractivity contribution in [2.45, 2.75) is 32.4 Å². The number of hydrogen-bond acceptors (Lipinski definition) is 4. The molecule has 4 nitrogen and oxygen atoms in total. The monoisotopic (exact) mass is 278 g/mol. The highest BCUT2D eigenvalue weighted by molar-refractivity contribution is 5.42. The second-order valence-electron chi connectivity index (χ2n) is 5.71. The van der Waals surface area contributed by atoms with Crippen LogP contribution in [0, 0.1) is 5.92 Å². The van der Waals surface area contributed by atoms with Crippen LogP contribution in [0.3, 0.4) is 0 Å². The number of methoxy groups -OCH3 is 2. The van der Waals surface area contributed by atoms with Gasteiger partial charge >= 0.3 is 0 Å². The average Bonchev–Trinajstić information content (AvgIpc) is 2.48. The Kier molecular flexibility index (Phi) is 4.89. The van der Waals surface area contributed by atoms with E-state index in [0.717, 1.165) is 31.0 Å². The van der Waals surface area contributed by atoms with E-state index in [1.807, 2.05) is 12.1 Å². The molecule has 0 radical (unpaired) electrons. The first-order chi connectivity index (χ1) is 9.56. The van der Waals surface area contributed by atoms with Crippen LogP contribution in [0.25, 0.3) is 0 Å². The van der Waals surface area contributed by atoms with Crippen LogP contribution in [0.5, 0.6) is 11.5 Å². The summed E-state index contributed by atoms with van der Waals surface area (Å²) >= 11 is 0. The molecule has 1 aliphatic rings. The molecule has 1 aromatic carbocycles. The zero-order chi connectivity index (χ0) is 14.7. The van der Waals surface area contributed by atoms with E-state index in [1.54, 1.807) is 14.2 Å². The standard InChI is InChI=1S/C16H26N2O2/c1-11-7-8-18(10-15(11)17)12(2)14-6-5-13(19-3)9-16(14)20-4/h5-6,9,11-12,15H,7-8,10,17H2,1-4H3. The molecule has 3 unspecified atom stereocenters. The topological polar surface area (TPSA) is 47.7 Å². The third-order valence-electron chi connectivity index (χ3n) is 4.49. The Morgan fingerprint density at radius 2 is 2.05 bits per heavy atom. The van der Waals surface area contributed by atoms with Crippen molar-refractivity contribution in [2.24, 2.45) is 11.7 Å². The van der Waals surface area contributed by atoms with E-state index in [0.29, 0.717) is 12.0 Å². The molecule has 0 amide bonds. The molecule has 0 aliphatic carbocycles. The SMILES string of the molecule is COc1ccc(C(C)N2CCC(C)C(N)C2)c(OC)c1. The first kappa shape index (κ1) is 15.1. The van der Waals surface area contributed by atoms with Gasteiger partial charge in [-0.05, 0) is 31.9 Å². The zero-order valence-electron chi connectivity index (χ0n) is 12.9. The minimum atomic E-state index is 0.260. The lowest BCUT2D eigenvalue weighted by Crippen LogP contribution is -2.48. The van der Waals surface area contributed by atoms with Crippen molar-refractivity contribution < 1.29 is 9.47 Å². The molecule has 0 spiro atoms. The van der Waals surface area contributed by atoms with Crippen LogP contribution >= 0.6 is 0 Å². The fourth-order valence-corrected chi connectivity index (χ4v) is 2.84. The number of hydrogen-bond donors (Lipinski definition) is 1. The smallest absolute Gasteiger partial charge is 0.127 e. The zero-order valence-corrected chi connectivity index (χ0v) is 12.9. The van der Waals surface area contributed by atoms with E-state index in [9.17, 15) is 0 Å². The van der Waals surface area contributed by atoms with Gasteiger partial charge in [0.25, 0.3) is 0 Å². The van der Waals surface area contributed by atoms with Gasteiger partial charge in [0, 0.05) is 30.3 Å². The molecule has 2 N–H and O–H groups in total. The van der Waals surface area contributed by atoms with Gasteiger partial charge in [0.15, 0.2) is 0 Å². The summed E-state index contributed by atoms with van der Waals surface area (Å²) < 4.78 is 10.8. The molecule has 0 bridgehead atoms. The second-order valence-corrected chi connectivity index (χ2v) is 5.71. The van der Waals surface area contributed by atoms with Gasteiger partial charge in [-0.1, -0.05) is 13.0 Å². The van der Waals surface area contributed by atoms with Crippen LogP contribution in [0.15, 0.2) is 18.2 Å². The molecule has 112 valence electrons. The molecule has 1 aromatic rings. The van der Waals surface area contributed by atoms with Gasteiger partial charge in [-0.15, -0.1) is 0 Å². The third-order valence-corrected chi connectivity index (χ3v) is 4.49. The molecular weight excluding hydrogens is 252 g/mol. The normalized spacial score (nSPS) is 25.2. The highest BCUT2D eigenvalue weighted by Crippen LogP contribution is 2.34. The maximum atomic E-state index is 6.21. The molecule has 1 aliphatic heterocycles.